The van der Waals surface area contributed by atoms with E-state index >= 15 is 0 Å². The number of aliphatic carboxylic acids is 1. The molecule has 110 valence electrons. The molecule has 0 atom stereocenters. The molecular formula is C12H11ClF3NO3. The second-order valence-electron chi connectivity index (χ2n) is 3.40. The smallest absolute Gasteiger partial charge is 0.417 e. The predicted molar refractivity (Wildman–Crippen MR) is 68.6 cm³/mol. The highest BCUT2D eigenvalue weighted by Crippen LogP contribution is 2.36. The molecule has 2 N–H and O–H groups in total. The fourth-order valence-electron chi connectivity index (χ4n) is 1.01. The van der Waals surface area contributed by atoms with E-state index in [9.17, 15) is 18.0 Å². The molecule has 20 heavy (non-hydrogen) atoms. The number of hydrogen-bond acceptors (Lipinski definition) is 2. The standard InChI is InChI=1S/C10H7ClF3NO.C2H4O2/c1-2-9(16)15-6-3-4-8(11)7(5-6)10(12,13)14;1-2(3)4/h2-5H,1H2,(H,15,16);1H3,(H,3,4). The van der Waals surface area contributed by atoms with Gasteiger partial charge in [-0.25, -0.2) is 0 Å². The maximum absolute atomic E-state index is 12.4. The first kappa shape index (κ1) is 18.0. The summed E-state index contributed by atoms with van der Waals surface area (Å²) in [4.78, 5) is 19.9. The van der Waals surface area contributed by atoms with E-state index in [0.29, 0.717) is 0 Å². The number of carboxylic acid groups (broad SMARTS) is 1. The van der Waals surface area contributed by atoms with E-state index in [-0.39, 0.29) is 5.69 Å². The molecule has 0 unspecified atom stereocenters. The summed E-state index contributed by atoms with van der Waals surface area (Å²) in [7, 11) is 0. The summed E-state index contributed by atoms with van der Waals surface area (Å²) < 4.78 is 37.3. The number of benzene rings is 1. The molecule has 0 aromatic heterocycles. The Labute approximate surface area is 117 Å². The van der Waals surface area contributed by atoms with Crippen molar-refractivity contribution in [2.24, 2.45) is 0 Å². The van der Waals surface area contributed by atoms with Gasteiger partial charge in [0, 0.05) is 12.6 Å². The summed E-state index contributed by atoms with van der Waals surface area (Å²) in [6.07, 6.45) is -3.59. The van der Waals surface area contributed by atoms with Crippen LogP contribution in [0.1, 0.15) is 12.5 Å². The molecule has 0 saturated heterocycles. The average Bonchev–Trinajstić information content (AvgIpc) is 2.29. The van der Waals surface area contributed by atoms with Crippen molar-refractivity contribution in [3.05, 3.63) is 41.4 Å². The molecule has 8 heteroatoms. The number of alkyl halides is 3. The lowest BCUT2D eigenvalue weighted by Crippen LogP contribution is -2.10. The Morgan fingerprint density at radius 1 is 1.40 bits per heavy atom. The van der Waals surface area contributed by atoms with Gasteiger partial charge in [0.1, 0.15) is 0 Å². The van der Waals surface area contributed by atoms with Gasteiger partial charge in [0.2, 0.25) is 5.91 Å². The van der Waals surface area contributed by atoms with Crippen molar-refractivity contribution in [3.63, 3.8) is 0 Å². The van der Waals surface area contributed by atoms with E-state index < -0.39 is 28.6 Å². The van der Waals surface area contributed by atoms with E-state index in [0.717, 1.165) is 25.1 Å². The van der Waals surface area contributed by atoms with Gasteiger partial charge in [-0.1, -0.05) is 18.2 Å². The fraction of sp³-hybridized carbons (Fsp3) is 0.167. The molecule has 1 aromatic rings. The molecule has 0 aliphatic rings. The van der Waals surface area contributed by atoms with Crippen LogP contribution in [0.25, 0.3) is 0 Å². The van der Waals surface area contributed by atoms with Crippen LogP contribution in [-0.2, 0) is 15.8 Å². The van der Waals surface area contributed by atoms with Crippen molar-refractivity contribution in [1.82, 2.24) is 0 Å². The number of nitrogens with one attached hydrogen (secondary N) is 1. The van der Waals surface area contributed by atoms with Crippen LogP contribution >= 0.6 is 11.6 Å². The van der Waals surface area contributed by atoms with E-state index in [1.807, 2.05) is 0 Å². The van der Waals surface area contributed by atoms with Crippen molar-refractivity contribution in [1.29, 1.82) is 0 Å². The van der Waals surface area contributed by atoms with Gasteiger partial charge in [-0.2, -0.15) is 13.2 Å². The molecule has 0 heterocycles. The number of rotatable bonds is 2. The summed E-state index contributed by atoms with van der Waals surface area (Å²) in [5, 5.41) is 9.22. The van der Waals surface area contributed by atoms with Gasteiger partial charge < -0.3 is 10.4 Å². The normalized spacial score (nSPS) is 10.1. The third-order valence-electron chi connectivity index (χ3n) is 1.72. The minimum absolute atomic E-state index is 0.0154. The molecule has 0 aliphatic carbocycles. The van der Waals surface area contributed by atoms with Gasteiger partial charge >= 0.3 is 6.18 Å². The lowest BCUT2D eigenvalue weighted by Gasteiger charge is -2.10. The molecule has 0 bridgehead atoms. The van der Waals surface area contributed by atoms with E-state index in [1.54, 1.807) is 0 Å². The van der Waals surface area contributed by atoms with Gasteiger partial charge in [-0.15, -0.1) is 0 Å². The summed E-state index contributed by atoms with van der Waals surface area (Å²) >= 11 is 5.40. The number of carbonyl (C=O) groups is 2. The summed E-state index contributed by atoms with van der Waals surface area (Å²) in [6.45, 7) is 4.27. The van der Waals surface area contributed by atoms with Crippen LogP contribution in [0.15, 0.2) is 30.9 Å². The number of halogens is 4. The van der Waals surface area contributed by atoms with E-state index in [4.69, 9.17) is 21.5 Å². The first-order chi connectivity index (χ1) is 9.07. The summed E-state index contributed by atoms with van der Waals surface area (Å²) in [5.41, 5.74) is -0.974. The molecule has 0 aliphatic heterocycles. The molecule has 1 aromatic carbocycles. The fourth-order valence-corrected chi connectivity index (χ4v) is 1.24. The Balaban J connectivity index is 0.000000796. The van der Waals surface area contributed by atoms with Crippen molar-refractivity contribution in [3.8, 4) is 0 Å². The molecular weight excluding hydrogens is 299 g/mol. The second kappa shape index (κ2) is 7.54. The molecule has 0 radical (unpaired) electrons. The highest BCUT2D eigenvalue weighted by atomic mass is 35.5. The lowest BCUT2D eigenvalue weighted by molar-refractivity contribution is -0.137. The topological polar surface area (TPSA) is 66.4 Å². The number of carbonyl (C=O) groups excluding carboxylic acids is 1. The Hall–Kier alpha value is -2.02. The van der Waals surface area contributed by atoms with E-state index in [1.165, 1.54) is 6.07 Å². The SMILES string of the molecule is C=CC(=O)Nc1ccc(Cl)c(C(F)(F)F)c1.CC(=O)O. The Morgan fingerprint density at radius 3 is 2.30 bits per heavy atom. The molecule has 0 fully saturated rings. The van der Waals surface area contributed by atoms with Gasteiger partial charge in [0.05, 0.1) is 10.6 Å². The number of carboxylic acids is 1. The van der Waals surface area contributed by atoms with Crippen LogP contribution in [0, 0.1) is 0 Å². The van der Waals surface area contributed by atoms with Gasteiger partial charge in [-0.3, -0.25) is 9.59 Å². The van der Waals surface area contributed by atoms with Crippen LogP contribution in [0.4, 0.5) is 18.9 Å². The van der Waals surface area contributed by atoms with Crippen LogP contribution in [0.2, 0.25) is 5.02 Å². The van der Waals surface area contributed by atoms with Crippen molar-refractivity contribution >= 4 is 29.2 Å². The highest BCUT2D eigenvalue weighted by Gasteiger charge is 2.33. The third-order valence-corrected chi connectivity index (χ3v) is 2.05. The molecule has 1 rings (SSSR count). The van der Waals surface area contributed by atoms with Gasteiger partial charge in [-0.05, 0) is 24.3 Å². The molecule has 4 nitrogen and oxygen atoms in total. The molecule has 0 spiro atoms. The van der Waals surface area contributed by atoms with E-state index in [2.05, 4.69) is 11.9 Å². The zero-order valence-electron chi connectivity index (χ0n) is 10.3. The first-order valence-electron chi connectivity index (χ1n) is 5.07. The minimum Gasteiger partial charge on any atom is -0.481 e. The quantitative estimate of drug-likeness (QED) is 0.821. The summed E-state index contributed by atoms with van der Waals surface area (Å²) in [5.74, 6) is -1.42. The lowest BCUT2D eigenvalue weighted by atomic mass is 10.2. The van der Waals surface area contributed by atoms with Crippen LogP contribution in [0.3, 0.4) is 0 Å². The highest BCUT2D eigenvalue weighted by molar-refractivity contribution is 6.31. The van der Waals surface area contributed by atoms with Crippen LogP contribution in [0.5, 0.6) is 0 Å². The molecule has 0 saturated carbocycles. The number of hydrogen-bond donors (Lipinski definition) is 2. The van der Waals surface area contributed by atoms with Crippen LogP contribution in [-0.4, -0.2) is 17.0 Å². The summed E-state index contributed by atoms with van der Waals surface area (Å²) in [6, 6.07) is 3.12. The Kier molecular flexibility index (Phi) is 6.78. The second-order valence-corrected chi connectivity index (χ2v) is 3.81. The third kappa shape index (κ3) is 6.79. The Morgan fingerprint density at radius 2 is 1.90 bits per heavy atom. The van der Waals surface area contributed by atoms with Gasteiger partial charge in [0.25, 0.3) is 5.97 Å². The maximum atomic E-state index is 12.4. The predicted octanol–water partition coefficient (Wildman–Crippen LogP) is 3.57. The molecule has 1 amide bonds. The zero-order chi connectivity index (χ0) is 15.9. The maximum Gasteiger partial charge on any atom is 0.417 e. The van der Waals surface area contributed by atoms with Crippen LogP contribution < -0.4 is 5.32 Å². The van der Waals surface area contributed by atoms with Gasteiger partial charge in [0.15, 0.2) is 0 Å². The average molecular weight is 310 g/mol. The number of amides is 1. The van der Waals surface area contributed by atoms with Crippen molar-refractivity contribution in [2.75, 3.05) is 5.32 Å². The first-order valence-corrected chi connectivity index (χ1v) is 5.45. The minimum atomic E-state index is -4.55. The zero-order valence-corrected chi connectivity index (χ0v) is 11.0. The monoisotopic (exact) mass is 309 g/mol. The van der Waals surface area contributed by atoms with Crippen molar-refractivity contribution in [2.45, 2.75) is 13.1 Å². The largest absolute Gasteiger partial charge is 0.481 e. The van der Waals surface area contributed by atoms with Crippen molar-refractivity contribution < 1.29 is 27.9 Å². The number of anilines is 1. The Bertz CT molecular complexity index is 511.